The normalized spacial score (nSPS) is 13.5. The minimum absolute atomic E-state index is 0. The topological polar surface area (TPSA) is 55.1 Å². The Labute approximate surface area is 101 Å². The highest BCUT2D eigenvalue weighted by Crippen LogP contribution is 2.14. The fourth-order valence-corrected chi connectivity index (χ4v) is 1.05. The number of nitrogens with one attached hydrogen (secondary N) is 1. The van der Waals surface area contributed by atoms with Gasteiger partial charge in [0.25, 0.3) is 0 Å². The van der Waals surface area contributed by atoms with Crippen molar-refractivity contribution in [1.82, 2.24) is 0 Å². The molecule has 5 heteroatoms. The Morgan fingerprint density at radius 1 is 1.38 bits per heavy atom. The Morgan fingerprint density at radius 3 is 2.44 bits per heavy atom. The molecule has 3 N–H and O–H groups in total. The minimum Gasteiger partial charge on any atom is -0.327 e. The number of anilines is 1. The zero-order valence-electron chi connectivity index (χ0n) is 9.24. The highest BCUT2D eigenvalue weighted by Gasteiger charge is 2.17. The van der Waals surface area contributed by atoms with Crippen LogP contribution in [-0.2, 0) is 4.79 Å². The third-order valence-corrected chi connectivity index (χ3v) is 2.33. The van der Waals surface area contributed by atoms with Crippen LogP contribution in [0.3, 0.4) is 0 Å². The molecular weight excluding hydrogens is 231 g/mol. The maximum Gasteiger partial charge on any atom is 0.228 e. The summed E-state index contributed by atoms with van der Waals surface area (Å²) in [4.78, 5) is 11.5. The van der Waals surface area contributed by atoms with E-state index < -0.39 is 5.82 Å². The summed E-state index contributed by atoms with van der Waals surface area (Å²) in [5.74, 6) is -1.05. The Kier molecular flexibility index (Phi) is 6.00. The first-order valence-electron chi connectivity index (χ1n) is 4.83. The number of hydrogen-bond donors (Lipinski definition) is 2. The van der Waals surface area contributed by atoms with Crippen LogP contribution in [0.1, 0.15) is 13.8 Å². The first-order chi connectivity index (χ1) is 7.02. The van der Waals surface area contributed by atoms with E-state index in [0.29, 0.717) is 0 Å². The molecule has 0 aliphatic heterocycles. The van der Waals surface area contributed by atoms with Crippen molar-refractivity contribution in [2.45, 2.75) is 19.9 Å². The third-order valence-electron chi connectivity index (χ3n) is 2.33. The van der Waals surface area contributed by atoms with E-state index in [1.54, 1.807) is 26.0 Å². The monoisotopic (exact) mass is 246 g/mol. The molecule has 0 aromatic heterocycles. The summed E-state index contributed by atoms with van der Waals surface area (Å²) in [7, 11) is 0. The Balaban J connectivity index is 0.00000225. The SMILES string of the molecule is CC(N)C(C)C(=O)Nc1ccccc1F.Cl. The standard InChI is InChI=1S/C11H15FN2O.ClH/c1-7(8(2)13)11(15)14-10-6-4-3-5-9(10)12;/h3-8H,13H2,1-2H3,(H,14,15);1H. The number of carbonyl (C=O) groups is 1. The smallest absolute Gasteiger partial charge is 0.228 e. The van der Waals surface area contributed by atoms with Gasteiger partial charge in [-0.25, -0.2) is 4.39 Å². The summed E-state index contributed by atoms with van der Waals surface area (Å²) in [6.45, 7) is 3.45. The second-order valence-corrected chi connectivity index (χ2v) is 3.62. The van der Waals surface area contributed by atoms with Crippen molar-refractivity contribution in [1.29, 1.82) is 0 Å². The first-order valence-corrected chi connectivity index (χ1v) is 4.83. The van der Waals surface area contributed by atoms with Crippen LogP contribution in [0, 0.1) is 11.7 Å². The fraction of sp³-hybridized carbons (Fsp3) is 0.364. The van der Waals surface area contributed by atoms with E-state index >= 15 is 0 Å². The summed E-state index contributed by atoms with van der Waals surface area (Å²) >= 11 is 0. The number of amides is 1. The van der Waals surface area contributed by atoms with E-state index in [4.69, 9.17) is 5.73 Å². The molecule has 0 aliphatic rings. The van der Waals surface area contributed by atoms with Crippen LogP contribution >= 0.6 is 12.4 Å². The van der Waals surface area contributed by atoms with Gasteiger partial charge in [0.1, 0.15) is 5.82 Å². The van der Waals surface area contributed by atoms with Crippen LogP contribution in [0.5, 0.6) is 0 Å². The third kappa shape index (κ3) is 3.79. The Morgan fingerprint density at radius 2 is 1.94 bits per heavy atom. The summed E-state index contributed by atoms with van der Waals surface area (Å²) in [6, 6.07) is 5.79. The largest absolute Gasteiger partial charge is 0.327 e. The van der Waals surface area contributed by atoms with Gasteiger partial charge >= 0.3 is 0 Å². The molecule has 0 radical (unpaired) electrons. The van der Waals surface area contributed by atoms with Gasteiger partial charge in [-0.3, -0.25) is 4.79 Å². The molecule has 0 spiro atoms. The van der Waals surface area contributed by atoms with Gasteiger partial charge in [0.15, 0.2) is 0 Å². The van der Waals surface area contributed by atoms with Gasteiger partial charge in [0.2, 0.25) is 5.91 Å². The molecule has 1 rings (SSSR count). The minimum atomic E-state index is -0.442. The van der Waals surface area contributed by atoms with Gasteiger partial charge in [-0.05, 0) is 19.1 Å². The molecule has 1 amide bonds. The van der Waals surface area contributed by atoms with Gasteiger partial charge in [-0.2, -0.15) is 0 Å². The van der Waals surface area contributed by atoms with Crippen molar-refractivity contribution in [2.24, 2.45) is 11.7 Å². The second-order valence-electron chi connectivity index (χ2n) is 3.62. The molecular formula is C11H16ClFN2O. The van der Waals surface area contributed by atoms with Crippen molar-refractivity contribution >= 4 is 24.0 Å². The van der Waals surface area contributed by atoms with E-state index in [-0.39, 0.29) is 36.0 Å². The zero-order chi connectivity index (χ0) is 11.4. The summed E-state index contributed by atoms with van der Waals surface area (Å²) in [5.41, 5.74) is 5.76. The van der Waals surface area contributed by atoms with Gasteiger partial charge in [0.05, 0.1) is 11.6 Å². The average molecular weight is 247 g/mol. The van der Waals surface area contributed by atoms with Gasteiger partial charge < -0.3 is 11.1 Å². The lowest BCUT2D eigenvalue weighted by Gasteiger charge is -2.15. The van der Waals surface area contributed by atoms with Crippen molar-refractivity contribution in [2.75, 3.05) is 5.32 Å². The second kappa shape index (κ2) is 6.45. The maximum absolute atomic E-state index is 13.2. The molecule has 2 unspecified atom stereocenters. The zero-order valence-corrected chi connectivity index (χ0v) is 10.1. The van der Waals surface area contributed by atoms with E-state index in [2.05, 4.69) is 5.32 Å². The van der Waals surface area contributed by atoms with Gasteiger partial charge in [-0.15, -0.1) is 12.4 Å². The van der Waals surface area contributed by atoms with Crippen molar-refractivity contribution in [3.8, 4) is 0 Å². The molecule has 90 valence electrons. The van der Waals surface area contributed by atoms with E-state index in [1.165, 1.54) is 12.1 Å². The predicted octanol–water partition coefficient (Wildman–Crippen LogP) is 2.17. The lowest BCUT2D eigenvalue weighted by molar-refractivity contribution is -0.119. The number of nitrogens with two attached hydrogens (primary N) is 1. The number of para-hydroxylation sites is 1. The van der Waals surface area contributed by atoms with Crippen molar-refractivity contribution in [3.05, 3.63) is 30.1 Å². The summed E-state index contributed by atoms with van der Waals surface area (Å²) in [6.07, 6.45) is 0. The van der Waals surface area contributed by atoms with Crippen LogP contribution in [0.15, 0.2) is 24.3 Å². The van der Waals surface area contributed by atoms with Crippen LogP contribution in [0.2, 0.25) is 0 Å². The molecule has 0 bridgehead atoms. The number of rotatable bonds is 3. The number of carbonyl (C=O) groups excluding carboxylic acids is 1. The lowest BCUT2D eigenvalue weighted by Crippen LogP contribution is -2.34. The van der Waals surface area contributed by atoms with E-state index in [0.717, 1.165) is 0 Å². The molecule has 2 atom stereocenters. The average Bonchev–Trinajstić information content (AvgIpc) is 2.20. The molecule has 0 saturated heterocycles. The van der Waals surface area contributed by atoms with Gasteiger partial charge in [0, 0.05) is 6.04 Å². The molecule has 1 aromatic carbocycles. The molecule has 0 heterocycles. The molecule has 16 heavy (non-hydrogen) atoms. The van der Waals surface area contributed by atoms with Crippen molar-refractivity contribution in [3.63, 3.8) is 0 Å². The lowest BCUT2D eigenvalue weighted by atomic mass is 10.0. The quantitative estimate of drug-likeness (QED) is 0.859. The van der Waals surface area contributed by atoms with Crippen LogP contribution < -0.4 is 11.1 Å². The number of hydrogen-bond acceptors (Lipinski definition) is 2. The predicted molar refractivity (Wildman–Crippen MR) is 65.1 cm³/mol. The number of benzene rings is 1. The van der Waals surface area contributed by atoms with E-state index in [1.807, 2.05) is 0 Å². The molecule has 0 fully saturated rings. The first kappa shape index (κ1) is 14.9. The number of halogens is 2. The van der Waals surface area contributed by atoms with E-state index in [9.17, 15) is 9.18 Å². The fourth-order valence-electron chi connectivity index (χ4n) is 1.05. The molecule has 1 aromatic rings. The highest BCUT2D eigenvalue weighted by molar-refractivity contribution is 5.92. The molecule has 3 nitrogen and oxygen atoms in total. The highest BCUT2D eigenvalue weighted by atomic mass is 35.5. The van der Waals surface area contributed by atoms with Crippen molar-refractivity contribution < 1.29 is 9.18 Å². The van der Waals surface area contributed by atoms with Crippen LogP contribution in [0.4, 0.5) is 10.1 Å². The van der Waals surface area contributed by atoms with Gasteiger partial charge in [-0.1, -0.05) is 19.1 Å². The molecule has 0 aliphatic carbocycles. The summed E-state index contributed by atoms with van der Waals surface area (Å²) in [5, 5.41) is 2.50. The van der Waals surface area contributed by atoms with Crippen LogP contribution in [0.25, 0.3) is 0 Å². The Hall–Kier alpha value is -1.13. The maximum atomic E-state index is 13.2. The molecule has 0 saturated carbocycles. The van der Waals surface area contributed by atoms with Crippen LogP contribution in [-0.4, -0.2) is 11.9 Å². The summed E-state index contributed by atoms with van der Waals surface area (Å²) < 4.78 is 13.2. The Bertz CT molecular complexity index is 358.